The maximum absolute atomic E-state index is 4.76. The Morgan fingerprint density at radius 1 is 1.05 bits per heavy atom. The van der Waals surface area contributed by atoms with Crippen LogP contribution in [0.25, 0.3) is 0 Å². The van der Waals surface area contributed by atoms with Crippen LogP contribution in [0.4, 0.5) is 11.5 Å². The second kappa shape index (κ2) is 7.06. The molecule has 1 N–H and O–H groups in total. The lowest BCUT2D eigenvalue weighted by atomic mass is 10.2. The van der Waals surface area contributed by atoms with E-state index >= 15 is 0 Å². The fraction of sp³-hybridized carbons (Fsp3) is 0.353. The molecule has 0 aliphatic rings. The number of aromatic nitrogens is 1. The van der Waals surface area contributed by atoms with Crippen LogP contribution in [0.2, 0.25) is 0 Å². The lowest BCUT2D eigenvalue weighted by Gasteiger charge is -2.22. The normalized spacial score (nSPS) is 10.8. The van der Waals surface area contributed by atoms with Crippen LogP contribution < -0.4 is 10.2 Å². The summed E-state index contributed by atoms with van der Waals surface area (Å²) in [6.07, 6.45) is 0. The fourth-order valence-electron chi connectivity index (χ4n) is 2.11. The molecule has 0 aliphatic carbocycles. The molecule has 0 bridgehead atoms. The van der Waals surface area contributed by atoms with Crippen LogP contribution in [0.5, 0.6) is 0 Å². The largest absolute Gasteiger partial charge is 0.327 e. The van der Waals surface area contributed by atoms with Crippen LogP contribution in [0.3, 0.4) is 0 Å². The molecule has 1 heterocycles. The van der Waals surface area contributed by atoms with Crippen molar-refractivity contribution in [2.45, 2.75) is 33.4 Å². The van der Waals surface area contributed by atoms with Crippen molar-refractivity contribution < 1.29 is 0 Å². The van der Waals surface area contributed by atoms with Gasteiger partial charge in [-0.05, 0) is 31.2 Å². The molecule has 3 nitrogen and oxygen atoms in total. The number of rotatable bonds is 6. The SMILES string of the molecule is CCN(c1ccccc1)c1cccc(CNC(C)C)n1. The number of pyridine rings is 1. The predicted octanol–water partition coefficient (Wildman–Crippen LogP) is 3.74. The van der Waals surface area contributed by atoms with Crippen LogP contribution >= 0.6 is 0 Å². The second-order valence-corrected chi connectivity index (χ2v) is 5.10. The number of nitrogens with zero attached hydrogens (tertiary/aromatic N) is 2. The van der Waals surface area contributed by atoms with E-state index in [0.29, 0.717) is 6.04 Å². The number of hydrogen-bond acceptors (Lipinski definition) is 3. The van der Waals surface area contributed by atoms with Gasteiger partial charge in [0.2, 0.25) is 0 Å². The lowest BCUT2D eigenvalue weighted by Crippen LogP contribution is -2.23. The average Bonchev–Trinajstić information content (AvgIpc) is 2.47. The Hall–Kier alpha value is -1.87. The first kappa shape index (κ1) is 14.5. The number of benzene rings is 1. The van der Waals surface area contributed by atoms with E-state index in [1.807, 2.05) is 6.07 Å². The molecule has 2 rings (SSSR count). The van der Waals surface area contributed by atoms with Gasteiger partial charge in [0.1, 0.15) is 5.82 Å². The minimum Gasteiger partial charge on any atom is -0.327 e. The molecule has 0 unspecified atom stereocenters. The van der Waals surface area contributed by atoms with Gasteiger partial charge in [-0.2, -0.15) is 0 Å². The van der Waals surface area contributed by atoms with Crippen molar-refractivity contribution in [1.29, 1.82) is 0 Å². The molecule has 0 atom stereocenters. The summed E-state index contributed by atoms with van der Waals surface area (Å²) in [4.78, 5) is 6.98. The minimum absolute atomic E-state index is 0.469. The summed E-state index contributed by atoms with van der Waals surface area (Å²) in [5.74, 6) is 1.00. The summed E-state index contributed by atoms with van der Waals surface area (Å²) < 4.78 is 0. The molecule has 106 valence electrons. The van der Waals surface area contributed by atoms with Crippen molar-refractivity contribution >= 4 is 11.5 Å². The highest BCUT2D eigenvalue weighted by Gasteiger charge is 2.08. The third kappa shape index (κ3) is 3.81. The van der Waals surface area contributed by atoms with Crippen LogP contribution in [0.15, 0.2) is 48.5 Å². The molecule has 0 amide bonds. The second-order valence-electron chi connectivity index (χ2n) is 5.10. The Kier molecular flexibility index (Phi) is 5.13. The molecular weight excluding hydrogens is 246 g/mol. The van der Waals surface area contributed by atoms with Crippen LogP contribution in [-0.4, -0.2) is 17.6 Å². The Morgan fingerprint density at radius 2 is 1.80 bits per heavy atom. The van der Waals surface area contributed by atoms with Gasteiger partial charge < -0.3 is 10.2 Å². The quantitative estimate of drug-likeness (QED) is 0.866. The van der Waals surface area contributed by atoms with E-state index in [4.69, 9.17) is 4.98 Å². The molecule has 0 spiro atoms. The van der Waals surface area contributed by atoms with Crippen molar-refractivity contribution in [2.24, 2.45) is 0 Å². The summed E-state index contributed by atoms with van der Waals surface area (Å²) in [6, 6.07) is 17.1. The first-order valence-electron chi connectivity index (χ1n) is 7.22. The van der Waals surface area contributed by atoms with Gasteiger partial charge in [-0.1, -0.05) is 38.1 Å². The molecule has 1 aromatic carbocycles. The van der Waals surface area contributed by atoms with Crippen molar-refractivity contribution in [3.8, 4) is 0 Å². The zero-order chi connectivity index (χ0) is 14.4. The van der Waals surface area contributed by atoms with Gasteiger partial charge >= 0.3 is 0 Å². The number of nitrogens with one attached hydrogen (secondary N) is 1. The smallest absolute Gasteiger partial charge is 0.133 e. The third-order valence-electron chi connectivity index (χ3n) is 3.14. The van der Waals surface area contributed by atoms with Crippen LogP contribution in [0, 0.1) is 0 Å². The molecule has 0 radical (unpaired) electrons. The van der Waals surface area contributed by atoms with Gasteiger partial charge in [-0.3, -0.25) is 0 Å². The van der Waals surface area contributed by atoms with E-state index in [2.05, 4.69) is 73.5 Å². The average molecular weight is 269 g/mol. The highest BCUT2D eigenvalue weighted by molar-refractivity contribution is 5.59. The number of para-hydroxylation sites is 1. The van der Waals surface area contributed by atoms with Crippen LogP contribution in [0.1, 0.15) is 26.5 Å². The van der Waals surface area contributed by atoms with Gasteiger partial charge in [0.25, 0.3) is 0 Å². The third-order valence-corrected chi connectivity index (χ3v) is 3.14. The highest BCUT2D eigenvalue weighted by atomic mass is 15.2. The zero-order valence-electron chi connectivity index (χ0n) is 12.5. The summed E-state index contributed by atoms with van der Waals surface area (Å²) in [5, 5.41) is 3.40. The Bertz CT molecular complexity index is 523. The molecule has 0 saturated carbocycles. The molecule has 2 aromatic rings. The molecule has 0 saturated heterocycles. The molecule has 0 aliphatic heterocycles. The van der Waals surface area contributed by atoms with E-state index in [1.165, 1.54) is 5.69 Å². The minimum atomic E-state index is 0.469. The summed E-state index contributed by atoms with van der Waals surface area (Å²) in [7, 11) is 0. The van der Waals surface area contributed by atoms with Crippen molar-refractivity contribution in [2.75, 3.05) is 11.4 Å². The summed E-state index contributed by atoms with van der Waals surface area (Å²) >= 11 is 0. The molecule has 0 fully saturated rings. The standard InChI is InChI=1S/C17H23N3/c1-4-20(16-10-6-5-7-11-16)17-12-8-9-15(19-17)13-18-14(2)3/h5-12,14,18H,4,13H2,1-3H3. The van der Waals surface area contributed by atoms with E-state index in [1.54, 1.807) is 0 Å². The van der Waals surface area contributed by atoms with Crippen molar-refractivity contribution in [3.63, 3.8) is 0 Å². The van der Waals surface area contributed by atoms with Crippen molar-refractivity contribution in [3.05, 3.63) is 54.2 Å². The zero-order valence-corrected chi connectivity index (χ0v) is 12.5. The molecular formula is C17H23N3. The first-order chi connectivity index (χ1) is 9.70. The van der Waals surface area contributed by atoms with Gasteiger partial charge in [0.15, 0.2) is 0 Å². The van der Waals surface area contributed by atoms with Gasteiger partial charge in [0, 0.05) is 24.8 Å². The van der Waals surface area contributed by atoms with Crippen molar-refractivity contribution in [1.82, 2.24) is 10.3 Å². The molecule has 1 aromatic heterocycles. The topological polar surface area (TPSA) is 28.2 Å². The van der Waals surface area contributed by atoms with E-state index < -0.39 is 0 Å². The Morgan fingerprint density at radius 3 is 2.45 bits per heavy atom. The van der Waals surface area contributed by atoms with Gasteiger partial charge in [-0.25, -0.2) is 4.98 Å². The molecule has 3 heteroatoms. The van der Waals surface area contributed by atoms with E-state index in [0.717, 1.165) is 24.6 Å². The maximum Gasteiger partial charge on any atom is 0.133 e. The van der Waals surface area contributed by atoms with Gasteiger partial charge in [0.05, 0.1) is 5.69 Å². The first-order valence-corrected chi connectivity index (χ1v) is 7.22. The summed E-state index contributed by atoms with van der Waals surface area (Å²) in [6.45, 7) is 8.14. The van der Waals surface area contributed by atoms with Gasteiger partial charge in [-0.15, -0.1) is 0 Å². The lowest BCUT2D eigenvalue weighted by molar-refractivity contribution is 0.581. The number of hydrogen-bond donors (Lipinski definition) is 1. The van der Waals surface area contributed by atoms with Crippen LogP contribution in [-0.2, 0) is 6.54 Å². The summed E-state index contributed by atoms with van der Waals surface area (Å²) in [5.41, 5.74) is 2.25. The molecule has 20 heavy (non-hydrogen) atoms. The Balaban J connectivity index is 2.20. The number of anilines is 2. The highest BCUT2D eigenvalue weighted by Crippen LogP contribution is 2.22. The fourth-order valence-corrected chi connectivity index (χ4v) is 2.11. The maximum atomic E-state index is 4.76. The Labute approximate surface area is 121 Å². The predicted molar refractivity (Wildman–Crippen MR) is 85.3 cm³/mol. The monoisotopic (exact) mass is 269 g/mol. The van der Waals surface area contributed by atoms with E-state index in [9.17, 15) is 0 Å². The van der Waals surface area contributed by atoms with E-state index in [-0.39, 0.29) is 0 Å².